The molecule has 1 aromatic rings. The number of rotatable bonds is 5. The SMILES string of the molecule is COC[C@@H](C)NC(=S)N/N=C\c1cccc(Cl)c1Cl. The van der Waals surface area contributed by atoms with Crippen molar-refractivity contribution in [3.63, 3.8) is 0 Å². The van der Waals surface area contributed by atoms with Gasteiger partial charge in [0.2, 0.25) is 0 Å². The average molecular weight is 320 g/mol. The van der Waals surface area contributed by atoms with Gasteiger partial charge >= 0.3 is 0 Å². The van der Waals surface area contributed by atoms with E-state index < -0.39 is 0 Å². The molecule has 0 spiro atoms. The van der Waals surface area contributed by atoms with Crippen LogP contribution in [0.1, 0.15) is 12.5 Å². The minimum atomic E-state index is 0.106. The highest BCUT2D eigenvalue weighted by molar-refractivity contribution is 7.80. The van der Waals surface area contributed by atoms with Gasteiger partial charge in [0, 0.05) is 18.7 Å². The molecule has 0 radical (unpaired) electrons. The van der Waals surface area contributed by atoms with Crippen LogP contribution in [0.25, 0.3) is 0 Å². The lowest BCUT2D eigenvalue weighted by Crippen LogP contribution is -2.40. The third-order valence-corrected chi connectivity index (χ3v) is 3.19. The van der Waals surface area contributed by atoms with E-state index in [9.17, 15) is 0 Å². The molecule has 0 heterocycles. The maximum absolute atomic E-state index is 6.02. The Kier molecular flexibility index (Phi) is 7.09. The number of methoxy groups -OCH3 is 1. The first-order valence-electron chi connectivity index (χ1n) is 5.57. The highest BCUT2D eigenvalue weighted by atomic mass is 35.5. The van der Waals surface area contributed by atoms with Crippen LogP contribution < -0.4 is 10.7 Å². The first kappa shape index (κ1) is 16.2. The van der Waals surface area contributed by atoms with E-state index in [1.54, 1.807) is 25.5 Å². The number of hydrogen-bond donors (Lipinski definition) is 2. The smallest absolute Gasteiger partial charge is 0.187 e. The van der Waals surface area contributed by atoms with Gasteiger partial charge in [-0.2, -0.15) is 5.10 Å². The molecule has 0 saturated heterocycles. The maximum Gasteiger partial charge on any atom is 0.187 e. The van der Waals surface area contributed by atoms with E-state index in [1.165, 1.54) is 0 Å². The molecule has 1 rings (SSSR count). The van der Waals surface area contributed by atoms with Gasteiger partial charge in [-0.3, -0.25) is 5.43 Å². The zero-order valence-electron chi connectivity index (χ0n) is 10.6. The third kappa shape index (κ3) is 5.74. The second-order valence-electron chi connectivity index (χ2n) is 3.84. The van der Waals surface area contributed by atoms with Crippen molar-refractivity contribution in [2.75, 3.05) is 13.7 Å². The fourth-order valence-corrected chi connectivity index (χ4v) is 1.94. The fourth-order valence-electron chi connectivity index (χ4n) is 1.33. The summed E-state index contributed by atoms with van der Waals surface area (Å²) in [5.74, 6) is 0. The highest BCUT2D eigenvalue weighted by Gasteiger charge is 2.03. The standard InChI is InChI=1S/C12H15Cl2N3OS/c1-8(7-18-2)16-12(19)17-15-6-9-4-3-5-10(13)11(9)14/h3-6,8H,7H2,1-2H3,(H2,16,17,19)/b15-6-/t8-/m1/s1. The van der Waals surface area contributed by atoms with Gasteiger partial charge in [0.15, 0.2) is 5.11 Å². The predicted molar refractivity (Wildman–Crippen MR) is 84.3 cm³/mol. The molecule has 0 aliphatic heterocycles. The van der Waals surface area contributed by atoms with Gasteiger partial charge in [0.25, 0.3) is 0 Å². The minimum absolute atomic E-state index is 0.106. The molecule has 0 fully saturated rings. The van der Waals surface area contributed by atoms with E-state index in [2.05, 4.69) is 15.8 Å². The van der Waals surface area contributed by atoms with Gasteiger partial charge < -0.3 is 10.1 Å². The van der Waals surface area contributed by atoms with Crippen LogP contribution in [0.3, 0.4) is 0 Å². The van der Waals surface area contributed by atoms with Crippen LogP contribution in [-0.4, -0.2) is 31.1 Å². The van der Waals surface area contributed by atoms with E-state index in [0.717, 1.165) is 5.56 Å². The zero-order valence-corrected chi connectivity index (χ0v) is 12.9. The Bertz CT molecular complexity index is 468. The van der Waals surface area contributed by atoms with Gasteiger partial charge in [-0.25, -0.2) is 0 Å². The van der Waals surface area contributed by atoms with Crippen molar-refractivity contribution in [1.82, 2.24) is 10.7 Å². The molecule has 0 amide bonds. The van der Waals surface area contributed by atoms with E-state index in [0.29, 0.717) is 21.8 Å². The Morgan fingerprint density at radius 1 is 1.53 bits per heavy atom. The number of halogens is 2. The summed E-state index contributed by atoms with van der Waals surface area (Å²) in [6.07, 6.45) is 1.56. The van der Waals surface area contributed by atoms with E-state index in [1.807, 2.05) is 13.0 Å². The average Bonchev–Trinajstić information content (AvgIpc) is 2.34. The Hall–Kier alpha value is -0.880. The summed E-state index contributed by atoms with van der Waals surface area (Å²) >= 11 is 17.0. The van der Waals surface area contributed by atoms with Crippen LogP contribution in [0.15, 0.2) is 23.3 Å². The third-order valence-electron chi connectivity index (χ3n) is 2.15. The number of hydrazone groups is 1. The first-order valence-corrected chi connectivity index (χ1v) is 6.73. The maximum atomic E-state index is 6.02. The molecular weight excluding hydrogens is 305 g/mol. The van der Waals surface area contributed by atoms with Crippen LogP contribution in [0.2, 0.25) is 10.0 Å². The lowest BCUT2D eigenvalue weighted by molar-refractivity contribution is 0.179. The van der Waals surface area contributed by atoms with E-state index in [4.69, 9.17) is 40.2 Å². The van der Waals surface area contributed by atoms with E-state index in [-0.39, 0.29) is 6.04 Å². The Balaban J connectivity index is 2.50. The summed E-state index contributed by atoms with van der Waals surface area (Å²) in [5.41, 5.74) is 3.42. The second kappa shape index (κ2) is 8.32. The van der Waals surface area contributed by atoms with Crippen LogP contribution in [0.4, 0.5) is 0 Å². The van der Waals surface area contributed by atoms with Crippen molar-refractivity contribution in [3.8, 4) is 0 Å². The summed E-state index contributed by atoms with van der Waals surface area (Å²) < 4.78 is 4.99. The summed E-state index contributed by atoms with van der Waals surface area (Å²) in [6, 6.07) is 5.43. The van der Waals surface area contributed by atoms with Gasteiger partial charge in [0.05, 0.1) is 22.9 Å². The molecule has 0 aliphatic rings. The summed E-state index contributed by atoms with van der Waals surface area (Å²) in [5, 5.41) is 8.37. The number of nitrogens with zero attached hydrogens (tertiary/aromatic N) is 1. The molecule has 104 valence electrons. The largest absolute Gasteiger partial charge is 0.383 e. The van der Waals surface area contributed by atoms with Crippen molar-refractivity contribution >= 4 is 46.7 Å². The minimum Gasteiger partial charge on any atom is -0.383 e. The van der Waals surface area contributed by atoms with Crippen LogP contribution >= 0.6 is 35.4 Å². The molecule has 19 heavy (non-hydrogen) atoms. The summed E-state index contributed by atoms with van der Waals surface area (Å²) in [7, 11) is 1.63. The van der Waals surface area contributed by atoms with Crippen molar-refractivity contribution < 1.29 is 4.74 Å². The van der Waals surface area contributed by atoms with Crippen molar-refractivity contribution in [2.45, 2.75) is 13.0 Å². The quantitative estimate of drug-likeness (QED) is 0.497. The van der Waals surface area contributed by atoms with Crippen molar-refractivity contribution in [3.05, 3.63) is 33.8 Å². The zero-order chi connectivity index (χ0) is 14.3. The number of ether oxygens (including phenoxy) is 1. The number of hydrogen-bond acceptors (Lipinski definition) is 3. The molecule has 4 nitrogen and oxygen atoms in total. The Morgan fingerprint density at radius 2 is 2.26 bits per heavy atom. The molecule has 0 unspecified atom stereocenters. The second-order valence-corrected chi connectivity index (χ2v) is 5.04. The highest BCUT2D eigenvalue weighted by Crippen LogP contribution is 2.23. The van der Waals surface area contributed by atoms with Crippen molar-refractivity contribution in [1.29, 1.82) is 0 Å². The molecule has 1 aromatic carbocycles. The molecule has 0 bridgehead atoms. The molecular formula is C12H15Cl2N3OS. The molecule has 7 heteroatoms. The van der Waals surface area contributed by atoms with Crippen molar-refractivity contribution in [2.24, 2.45) is 5.10 Å². The van der Waals surface area contributed by atoms with Gasteiger partial charge in [0.1, 0.15) is 0 Å². The lowest BCUT2D eigenvalue weighted by atomic mass is 10.2. The van der Waals surface area contributed by atoms with Crippen LogP contribution in [0, 0.1) is 0 Å². The molecule has 0 aliphatic carbocycles. The normalized spacial score (nSPS) is 12.4. The number of nitrogens with one attached hydrogen (secondary N) is 2. The first-order chi connectivity index (χ1) is 9.04. The van der Waals surface area contributed by atoms with E-state index >= 15 is 0 Å². The van der Waals surface area contributed by atoms with Gasteiger partial charge in [-0.15, -0.1) is 0 Å². The van der Waals surface area contributed by atoms with Crippen LogP contribution in [0.5, 0.6) is 0 Å². The molecule has 2 N–H and O–H groups in total. The fraction of sp³-hybridized carbons (Fsp3) is 0.333. The van der Waals surface area contributed by atoms with Gasteiger partial charge in [-0.05, 0) is 25.2 Å². The van der Waals surface area contributed by atoms with Crippen LogP contribution in [-0.2, 0) is 4.74 Å². The molecule has 0 aromatic heterocycles. The monoisotopic (exact) mass is 319 g/mol. The number of benzene rings is 1. The molecule has 0 saturated carbocycles. The summed E-state index contributed by atoms with van der Waals surface area (Å²) in [4.78, 5) is 0. The molecule has 1 atom stereocenters. The van der Waals surface area contributed by atoms with Gasteiger partial charge in [-0.1, -0.05) is 35.3 Å². The number of thiocarbonyl (C=S) groups is 1. The topological polar surface area (TPSA) is 45.6 Å². The Labute approximate surface area is 128 Å². The lowest BCUT2D eigenvalue weighted by Gasteiger charge is -2.13. The predicted octanol–water partition coefficient (Wildman–Crippen LogP) is 2.83. The summed E-state index contributed by atoms with van der Waals surface area (Å²) in [6.45, 7) is 2.51. The Morgan fingerprint density at radius 3 is 2.95 bits per heavy atom.